The van der Waals surface area contributed by atoms with Gasteiger partial charge in [0.15, 0.2) is 0 Å². The number of hydrogen-bond donors (Lipinski definition) is 1. The van der Waals surface area contributed by atoms with E-state index in [-0.39, 0.29) is 0 Å². The van der Waals surface area contributed by atoms with Gasteiger partial charge in [0.1, 0.15) is 0 Å². The zero-order chi connectivity index (χ0) is 13.8. The molecule has 0 bridgehead atoms. The van der Waals surface area contributed by atoms with Gasteiger partial charge < -0.3 is 5.32 Å². The molecule has 0 aromatic heterocycles. The van der Waals surface area contributed by atoms with E-state index >= 15 is 0 Å². The molecule has 1 rings (SSSR count). The first kappa shape index (κ1) is 16.2. The molecule has 1 aromatic rings. The van der Waals surface area contributed by atoms with Gasteiger partial charge in [-0.3, -0.25) is 0 Å². The van der Waals surface area contributed by atoms with E-state index in [9.17, 15) is 0 Å². The van der Waals surface area contributed by atoms with Crippen LogP contribution in [0.15, 0.2) is 30.3 Å². The van der Waals surface area contributed by atoms with Crippen LogP contribution in [0.2, 0.25) is 0 Å². The Morgan fingerprint density at radius 1 is 0.947 bits per heavy atom. The lowest BCUT2D eigenvalue weighted by Gasteiger charge is -2.12. The van der Waals surface area contributed by atoms with Crippen LogP contribution in [0.3, 0.4) is 0 Å². The molecule has 0 saturated carbocycles. The first-order chi connectivity index (χ1) is 9.33. The highest BCUT2D eigenvalue weighted by Crippen LogP contribution is 2.13. The van der Waals surface area contributed by atoms with E-state index in [2.05, 4.69) is 49.5 Å². The molecule has 0 unspecified atom stereocenters. The highest BCUT2D eigenvalue weighted by molar-refractivity contribution is 5.14. The molecule has 0 amide bonds. The van der Waals surface area contributed by atoms with E-state index in [0.29, 0.717) is 0 Å². The van der Waals surface area contributed by atoms with Crippen molar-refractivity contribution in [3.05, 3.63) is 35.9 Å². The largest absolute Gasteiger partial charge is 0.313 e. The summed E-state index contributed by atoms with van der Waals surface area (Å²) in [6.45, 7) is 6.82. The van der Waals surface area contributed by atoms with E-state index < -0.39 is 0 Å². The Labute approximate surface area is 119 Å². The van der Waals surface area contributed by atoms with Crippen LogP contribution >= 0.6 is 0 Å². The molecule has 1 aromatic carbocycles. The summed E-state index contributed by atoms with van der Waals surface area (Å²) < 4.78 is 0. The summed E-state index contributed by atoms with van der Waals surface area (Å²) in [5.74, 6) is 0.866. The van der Waals surface area contributed by atoms with Crippen molar-refractivity contribution >= 4 is 0 Å². The maximum Gasteiger partial charge on any atom is 0.0205 e. The van der Waals surface area contributed by atoms with Crippen molar-refractivity contribution in [3.8, 4) is 0 Å². The van der Waals surface area contributed by atoms with E-state index in [1.807, 2.05) is 0 Å². The number of rotatable bonds is 11. The molecule has 0 fully saturated rings. The molecular weight excluding hydrogens is 230 g/mol. The first-order valence-electron chi connectivity index (χ1n) is 8.07. The van der Waals surface area contributed by atoms with E-state index in [1.165, 1.54) is 50.5 Å². The second-order valence-electron chi connectivity index (χ2n) is 5.76. The Kier molecular flexibility index (Phi) is 9.44. The second kappa shape index (κ2) is 11.0. The van der Waals surface area contributed by atoms with Crippen LogP contribution in [-0.4, -0.2) is 6.54 Å². The molecule has 1 N–H and O–H groups in total. The SMILES string of the molecule is CCCCCCC[C@@H](C)CCNCc1ccccc1. The van der Waals surface area contributed by atoms with Gasteiger partial charge in [0, 0.05) is 6.54 Å². The number of hydrogen-bond acceptors (Lipinski definition) is 1. The van der Waals surface area contributed by atoms with Crippen LogP contribution in [0.1, 0.15) is 64.4 Å². The Balaban J connectivity index is 1.94. The fourth-order valence-electron chi connectivity index (χ4n) is 2.42. The molecule has 1 heteroatoms. The summed E-state index contributed by atoms with van der Waals surface area (Å²) in [4.78, 5) is 0. The fourth-order valence-corrected chi connectivity index (χ4v) is 2.42. The zero-order valence-electron chi connectivity index (χ0n) is 12.8. The van der Waals surface area contributed by atoms with Crippen LogP contribution in [0, 0.1) is 5.92 Å². The molecule has 0 spiro atoms. The van der Waals surface area contributed by atoms with E-state index in [1.54, 1.807) is 0 Å². The number of unbranched alkanes of at least 4 members (excludes halogenated alkanes) is 4. The summed E-state index contributed by atoms with van der Waals surface area (Å²) in [7, 11) is 0. The molecular formula is C18H31N. The van der Waals surface area contributed by atoms with Gasteiger partial charge >= 0.3 is 0 Å². The van der Waals surface area contributed by atoms with Gasteiger partial charge in [-0.1, -0.05) is 82.7 Å². The Hall–Kier alpha value is -0.820. The van der Waals surface area contributed by atoms with Crippen molar-refractivity contribution in [3.63, 3.8) is 0 Å². The maximum atomic E-state index is 3.54. The lowest BCUT2D eigenvalue weighted by atomic mass is 9.99. The monoisotopic (exact) mass is 261 g/mol. The van der Waals surface area contributed by atoms with Gasteiger partial charge in [0.05, 0.1) is 0 Å². The smallest absolute Gasteiger partial charge is 0.0205 e. The minimum atomic E-state index is 0.866. The number of nitrogens with one attached hydrogen (secondary N) is 1. The van der Waals surface area contributed by atoms with Crippen molar-refractivity contribution in [2.45, 2.75) is 65.3 Å². The lowest BCUT2D eigenvalue weighted by Crippen LogP contribution is -2.16. The lowest BCUT2D eigenvalue weighted by molar-refractivity contribution is 0.443. The Morgan fingerprint density at radius 3 is 2.42 bits per heavy atom. The molecule has 1 atom stereocenters. The van der Waals surface area contributed by atoms with Crippen molar-refractivity contribution < 1.29 is 0 Å². The molecule has 1 nitrogen and oxygen atoms in total. The highest BCUT2D eigenvalue weighted by Gasteiger charge is 2.01. The van der Waals surface area contributed by atoms with Crippen molar-refractivity contribution in [2.75, 3.05) is 6.54 Å². The van der Waals surface area contributed by atoms with Crippen LogP contribution in [0.5, 0.6) is 0 Å². The molecule has 0 aliphatic carbocycles. The van der Waals surface area contributed by atoms with Gasteiger partial charge in [-0.25, -0.2) is 0 Å². The van der Waals surface area contributed by atoms with Crippen LogP contribution < -0.4 is 5.32 Å². The number of benzene rings is 1. The molecule has 0 saturated heterocycles. The average Bonchev–Trinajstić information content (AvgIpc) is 2.44. The predicted octanol–water partition coefficient (Wildman–Crippen LogP) is 5.16. The van der Waals surface area contributed by atoms with Crippen molar-refractivity contribution in [1.82, 2.24) is 5.32 Å². The summed E-state index contributed by atoms with van der Waals surface area (Å²) in [5, 5.41) is 3.54. The maximum absolute atomic E-state index is 3.54. The standard InChI is InChI=1S/C18H31N/c1-3-4-5-6-8-11-17(2)14-15-19-16-18-12-9-7-10-13-18/h7,9-10,12-13,17,19H,3-6,8,11,14-16H2,1-2H3/t17-/m1/s1. The minimum absolute atomic E-state index is 0.866. The molecule has 19 heavy (non-hydrogen) atoms. The average molecular weight is 261 g/mol. The van der Waals surface area contributed by atoms with Gasteiger partial charge in [0.2, 0.25) is 0 Å². The summed E-state index contributed by atoms with van der Waals surface area (Å²) in [6.07, 6.45) is 9.73. The fraction of sp³-hybridized carbons (Fsp3) is 0.667. The van der Waals surface area contributed by atoms with Gasteiger partial charge in [0.25, 0.3) is 0 Å². The van der Waals surface area contributed by atoms with Crippen molar-refractivity contribution in [2.24, 2.45) is 5.92 Å². The third-order valence-corrected chi connectivity index (χ3v) is 3.79. The van der Waals surface area contributed by atoms with Crippen LogP contribution in [0.4, 0.5) is 0 Å². The van der Waals surface area contributed by atoms with Gasteiger partial charge in [-0.2, -0.15) is 0 Å². The predicted molar refractivity (Wildman–Crippen MR) is 85.3 cm³/mol. The normalized spacial score (nSPS) is 12.5. The molecule has 0 aliphatic heterocycles. The molecule has 108 valence electrons. The van der Waals surface area contributed by atoms with Gasteiger partial charge in [-0.15, -0.1) is 0 Å². The van der Waals surface area contributed by atoms with Gasteiger partial charge in [-0.05, 0) is 24.4 Å². The van der Waals surface area contributed by atoms with Crippen LogP contribution in [0.25, 0.3) is 0 Å². The van der Waals surface area contributed by atoms with Crippen LogP contribution in [-0.2, 0) is 6.54 Å². The topological polar surface area (TPSA) is 12.0 Å². The third kappa shape index (κ3) is 8.83. The summed E-state index contributed by atoms with van der Waals surface area (Å²) in [5.41, 5.74) is 1.38. The second-order valence-corrected chi connectivity index (χ2v) is 5.76. The first-order valence-corrected chi connectivity index (χ1v) is 8.07. The third-order valence-electron chi connectivity index (χ3n) is 3.79. The van der Waals surface area contributed by atoms with E-state index in [0.717, 1.165) is 19.0 Å². The van der Waals surface area contributed by atoms with Crippen molar-refractivity contribution in [1.29, 1.82) is 0 Å². The minimum Gasteiger partial charge on any atom is -0.313 e. The molecule has 0 radical (unpaired) electrons. The van der Waals surface area contributed by atoms with E-state index in [4.69, 9.17) is 0 Å². The Bertz CT molecular complexity index is 294. The summed E-state index contributed by atoms with van der Waals surface area (Å²) >= 11 is 0. The summed E-state index contributed by atoms with van der Waals surface area (Å²) in [6, 6.07) is 10.7. The highest BCUT2D eigenvalue weighted by atomic mass is 14.8. The molecule has 0 heterocycles. The quantitative estimate of drug-likeness (QED) is 0.542. The Morgan fingerprint density at radius 2 is 1.68 bits per heavy atom. The zero-order valence-corrected chi connectivity index (χ0v) is 12.8. The molecule has 0 aliphatic rings.